The third-order valence-corrected chi connectivity index (χ3v) is 5.61. The normalized spacial score (nSPS) is 16.5. The lowest BCUT2D eigenvalue weighted by atomic mass is 10.0. The Kier molecular flexibility index (Phi) is 6.95. The lowest BCUT2D eigenvalue weighted by Gasteiger charge is -2.20. The predicted molar refractivity (Wildman–Crippen MR) is 119 cm³/mol. The number of hydrogen-bond acceptors (Lipinski definition) is 8. The fourth-order valence-corrected chi connectivity index (χ4v) is 3.82. The second-order valence-corrected chi connectivity index (χ2v) is 8.05. The van der Waals surface area contributed by atoms with Crippen molar-refractivity contribution in [1.82, 2.24) is 5.32 Å². The summed E-state index contributed by atoms with van der Waals surface area (Å²) < 4.78 is 0. The smallest absolute Gasteiger partial charge is 0.326 e. The second kappa shape index (κ2) is 9.65. The van der Waals surface area contributed by atoms with Gasteiger partial charge in [0.15, 0.2) is 0 Å². The maximum absolute atomic E-state index is 12.1. The van der Waals surface area contributed by atoms with E-state index >= 15 is 0 Å². The molecule has 31 heavy (non-hydrogen) atoms. The summed E-state index contributed by atoms with van der Waals surface area (Å²) in [6.45, 7) is 2.40. The molecule has 0 saturated carbocycles. The third-order valence-electron chi connectivity index (χ3n) is 4.73. The van der Waals surface area contributed by atoms with Crippen LogP contribution in [0.3, 0.4) is 0 Å². The van der Waals surface area contributed by atoms with Crippen LogP contribution in [0.4, 0.5) is 21.9 Å². The van der Waals surface area contributed by atoms with E-state index in [-0.39, 0.29) is 28.9 Å². The van der Waals surface area contributed by atoms with Crippen molar-refractivity contribution in [3.8, 4) is 0 Å². The summed E-state index contributed by atoms with van der Waals surface area (Å²) in [6, 6.07) is 4.87. The number of amides is 2. The van der Waals surface area contributed by atoms with Crippen molar-refractivity contribution in [2.24, 2.45) is 0 Å². The number of benzene rings is 1. The highest BCUT2D eigenvalue weighted by Gasteiger charge is 2.28. The zero-order valence-electron chi connectivity index (χ0n) is 16.7. The molecule has 1 fully saturated rings. The molecule has 1 heterocycles. The van der Waals surface area contributed by atoms with Crippen LogP contribution in [0.25, 0.3) is 0 Å². The number of carbonyl (C=O) groups excluding carboxylic acids is 2. The Morgan fingerprint density at radius 2 is 1.84 bits per heavy atom. The van der Waals surface area contributed by atoms with Crippen LogP contribution in [0.1, 0.15) is 18.9 Å². The summed E-state index contributed by atoms with van der Waals surface area (Å²) in [7, 11) is 0. The summed E-state index contributed by atoms with van der Waals surface area (Å²) in [5.74, 6) is -1.13. The van der Waals surface area contributed by atoms with Gasteiger partial charge in [-0.05, 0) is 24.1 Å². The van der Waals surface area contributed by atoms with Gasteiger partial charge in [-0.15, -0.1) is 0 Å². The molecule has 11 heteroatoms. The van der Waals surface area contributed by atoms with Gasteiger partial charge in [-0.2, -0.15) is 0 Å². The molecule has 0 aromatic heterocycles. The van der Waals surface area contributed by atoms with Crippen LogP contribution in [0.5, 0.6) is 0 Å². The second-order valence-electron chi connectivity index (χ2n) is 7.06. The molecule has 1 aliphatic rings. The minimum absolute atomic E-state index is 0.00814. The van der Waals surface area contributed by atoms with E-state index in [4.69, 9.17) is 0 Å². The number of rotatable bonds is 10. The van der Waals surface area contributed by atoms with Gasteiger partial charge in [0.05, 0.1) is 0 Å². The van der Waals surface area contributed by atoms with Crippen molar-refractivity contribution in [1.29, 1.82) is 0 Å². The highest BCUT2D eigenvalue weighted by atomic mass is 32.2. The van der Waals surface area contributed by atoms with Crippen LogP contribution >= 0.6 is 11.8 Å². The van der Waals surface area contributed by atoms with Crippen LogP contribution in [0.2, 0.25) is 0 Å². The number of aliphatic carboxylic acids is 1. The minimum atomic E-state index is -1.17. The fourth-order valence-electron chi connectivity index (χ4n) is 3.04. The first-order valence-electron chi connectivity index (χ1n) is 9.69. The lowest BCUT2D eigenvalue weighted by molar-refractivity contribution is -0.137. The molecule has 0 spiro atoms. The molecule has 0 unspecified atom stereocenters. The largest absolute Gasteiger partial charge is 0.480 e. The summed E-state index contributed by atoms with van der Waals surface area (Å²) in [4.78, 5) is 58.6. The summed E-state index contributed by atoms with van der Waals surface area (Å²) in [5.41, 5.74) is -0.116. The molecular formula is C20H22N4O6S. The average Bonchev–Trinajstić information content (AvgIpc) is 3.19. The first-order chi connectivity index (χ1) is 14.8. The van der Waals surface area contributed by atoms with Gasteiger partial charge in [-0.3, -0.25) is 19.2 Å². The number of carboxylic acids is 1. The van der Waals surface area contributed by atoms with Gasteiger partial charge < -0.3 is 26.4 Å². The van der Waals surface area contributed by atoms with Gasteiger partial charge in [0.1, 0.15) is 23.5 Å². The SMILES string of the molecule is CCCNc1c(N[C@@H](Cc2ccc(NC(=O)[C@@H]3CSC(=O)N3)cc2)C(=O)O)c(=O)c1=O. The van der Waals surface area contributed by atoms with Crippen LogP contribution < -0.4 is 32.1 Å². The van der Waals surface area contributed by atoms with Gasteiger partial charge in [0.2, 0.25) is 5.91 Å². The highest BCUT2D eigenvalue weighted by Crippen LogP contribution is 2.19. The Hall–Kier alpha value is -3.34. The van der Waals surface area contributed by atoms with Crippen molar-refractivity contribution in [3.05, 3.63) is 50.3 Å². The van der Waals surface area contributed by atoms with Crippen LogP contribution in [0.15, 0.2) is 33.9 Å². The van der Waals surface area contributed by atoms with Gasteiger partial charge in [-0.1, -0.05) is 30.8 Å². The average molecular weight is 446 g/mol. The molecule has 1 saturated heterocycles. The van der Waals surface area contributed by atoms with Gasteiger partial charge in [0.25, 0.3) is 16.1 Å². The molecule has 2 amide bonds. The number of carbonyl (C=O) groups is 3. The zero-order valence-corrected chi connectivity index (χ0v) is 17.5. The van der Waals surface area contributed by atoms with Crippen molar-refractivity contribution in [3.63, 3.8) is 0 Å². The summed E-state index contributed by atoms with van der Waals surface area (Å²) in [6.07, 6.45) is 0.806. The molecule has 10 nitrogen and oxygen atoms in total. The molecule has 2 aromatic carbocycles. The summed E-state index contributed by atoms with van der Waals surface area (Å²) >= 11 is 1.05. The lowest BCUT2D eigenvalue weighted by Crippen LogP contribution is -2.42. The standard InChI is InChI=1S/C20H22N4O6S/c1-2-7-21-14-15(17(26)16(14)25)23-12(19(28)29)8-10-3-5-11(6-4-10)22-18(27)13-9-31-20(30)24-13/h3-6,12-13,21,23H,2,7-9H2,1H3,(H,22,27)(H,24,30)(H,28,29)/t12-,13-/m0/s1. The van der Waals surface area contributed by atoms with Crippen molar-refractivity contribution in [2.75, 3.05) is 28.2 Å². The molecule has 164 valence electrons. The van der Waals surface area contributed by atoms with E-state index in [9.17, 15) is 29.1 Å². The summed E-state index contributed by atoms with van der Waals surface area (Å²) in [5, 5.41) is 20.1. The maximum Gasteiger partial charge on any atom is 0.326 e. The van der Waals surface area contributed by atoms with E-state index in [1.807, 2.05) is 6.92 Å². The number of nitrogens with one attached hydrogen (secondary N) is 4. The Morgan fingerprint density at radius 3 is 2.42 bits per heavy atom. The first kappa shape index (κ1) is 22.3. The number of hydrogen-bond donors (Lipinski definition) is 5. The van der Waals surface area contributed by atoms with E-state index in [1.165, 1.54) is 0 Å². The van der Waals surface area contributed by atoms with Gasteiger partial charge in [0, 0.05) is 24.4 Å². The minimum Gasteiger partial charge on any atom is -0.480 e. The molecule has 2 aromatic rings. The van der Waals surface area contributed by atoms with Crippen molar-refractivity contribution < 1.29 is 19.5 Å². The predicted octanol–water partition coefficient (Wildman–Crippen LogP) is 0.976. The van der Waals surface area contributed by atoms with Crippen molar-refractivity contribution in [2.45, 2.75) is 31.8 Å². The third kappa shape index (κ3) is 5.23. The van der Waals surface area contributed by atoms with E-state index in [0.29, 0.717) is 23.5 Å². The Labute approximate surface area is 181 Å². The van der Waals surface area contributed by atoms with Crippen LogP contribution in [-0.4, -0.2) is 46.6 Å². The monoisotopic (exact) mass is 446 g/mol. The molecule has 2 atom stereocenters. The Balaban J connectivity index is 1.63. The van der Waals surface area contributed by atoms with E-state index in [2.05, 4.69) is 21.3 Å². The molecule has 0 aliphatic carbocycles. The van der Waals surface area contributed by atoms with Crippen LogP contribution in [-0.2, 0) is 16.0 Å². The van der Waals surface area contributed by atoms with Crippen molar-refractivity contribution >= 4 is 45.9 Å². The molecule has 0 bridgehead atoms. The fraction of sp³-hybridized carbons (Fsp3) is 0.350. The molecule has 0 radical (unpaired) electrons. The van der Waals surface area contributed by atoms with Crippen LogP contribution in [0, 0.1) is 0 Å². The zero-order chi connectivity index (χ0) is 22.5. The van der Waals surface area contributed by atoms with E-state index < -0.39 is 28.9 Å². The molecule has 5 N–H and O–H groups in total. The topological polar surface area (TPSA) is 154 Å². The van der Waals surface area contributed by atoms with E-state index in [0.717, 1.165) is 18.2 Å². The maximum atomic E-state index is 12.1. The number of anilines is 3. The Bertz CT molecular complexity index is 1060. The Morgan fingerprint density at radius 1 is 1.16 bits per heavy atom. The number of carboxylic acid groups (broad SMARTS) is 1. The van der Waals surface area contributed by atoms with Gasteiger partial charge >= 0.3 is 5.97 Å². The highest BCUT2D eigenvalue weighted by molar-refractivity contribution is 8.14. The van der Waals surface area contributed by atoms with E-state index in [1.54, 1.807) is 24.3 Å². The van der Waals surface area contributed by atoms with Gasteiger partial charge in [-0.25, -0.2) is 4.79 Å². The molecule has 1 aliphatic heterocycles. The first-order valence-corrected chi connectivity index (χ1v) is 10.7. The molecular weight excluding hydrogens is 424 g/mol. The molecule has 3 rings (SSSR count). The quantitative estimate of drug-likeness (QED) is 0.336. The number of thioether (sulfide) groups is 1.